The van der Waals surface area contributed by atoms with Crippen LogP contribution in [0, 0.1) is 0 Å². The molecule has 1 aliphatic rings. The predicted octanol–water partition coefficient (Wildman–Crippen LogP) is 2.34. The fourth-order valence-corrected chi connectivity index (χ4v) is 3.63. The van der Waals surface area contributed by atoms with Crippen LogP contribution in [0.2, 0.25) is 0 Å². The van der Waals surface area contributed by atoms with E-state index < -0.39 is 0 Å². The van der Waals surface area contributed by atoms with Gasteiger partial charge in [-0.3, -0.25) is 0 Å². The lowest BCUT2D eigenvalue weighted by molar-refractivity contribution is 0.248. The van der Waals surface area contributed by atoms with E-state index in [0.29, 0.717) is 12.1 Å². The lowest BCUT2D eigenvalue weighted by Gasteiger charge is -2.35. The average Bonchev–Trinajstić information content (AvgIpc) is 2.88. The van der Waals surface area contributed by atoms with E-state index in [4.69, 9.17) is 0 Å². The Kier molecular flexibility index (Phi) is 5.19. The summed E-state index contributed by atoms with van der Waals surface area (Å²) < 4.78 is 0. The van der Waals surface area contributed by atoms with Crippen molar-refractivity contribution < 1.29 is 0 Å². The predicted molar refractivity (Wildman–Crippen MR) is 83.1 cm³/mol. The minimum absolute atomic E-state index is 0.402. The average molecular weight is 282 g/mol. The molecule has 0 radical (unpaired) electrons. The molecule has 2 unspecified atom stereocenters. The lowest BCUT2D eigenvalue weighted by atomic mass is 10.1. The molecule has 108 valence electrons. The van der Waals surface area contributed by atoms with Gasteiger partial charge in [0.2, 0.25) is 0 Å². The molecule has 0 amide bonds. The Morgan fingerprint density at radius 2 is 2.42 bits per heavy atom. The van der Waals surface area contributed by atoms with Gasteiger partial charge in [0.1, 0.15) is 0 Å². The smallest absolute Gasteiger partial charge is 0.185 e. The van der Waals surface area contributed by atoms with Crippen LogP contribution in [-0.4, -0.2) is 49.7 Å². The second-order valence-electron chi connectivity index (χ2n) is 5.49. The number of thiazole rings is 1. The summed E-state index contributed by atoms with van der Waals surface area (Å²) in [6, 6.07) is 1.01. The van der Waals surface area contributed by atoms with E-state index in [1.807, 2.05) is 17.5 Å². The van der Waals surface area contributed by atoms with Crippen LogP contribution in [0.4, 0.5) is 5.13 Å². The molecule has 2 atom stereocenters. The molecule has 4 nitrogen and oxygen atoms in total. The van der Waals surface area contributed by atoms with Crippen molar-refractivity contribution in [3.05, 3.63) is 11.1 Å². The molecule has 0 aliphatic carbocycles. The SMILES string of the molecule is CCNC(C)c1cnc(N(C)C2CCCN(C)C2)s1. The summed E-state index contributed by atoms with van der Waals surface area (Å²) in [5, 5.41) is 4.60. The third-order valence-electron chi connectivity index (χ3n) is 3.90. The lowest BCUT2D eigenvalue weighted by Crippen LogP contribution is -2.45. The van der Waals surface area contributed by atoms with Crippen LogP contribution in [0.3, 0.4) is 0 Å². The zero-order valence-electron chi connectivity index (χ0n) is 12.5. The maximum atomic E-state index is 4.61. The van der Waals surface area contributed by atoms with Crippen molar-refractivity contribution in [1.29, 1.82) is 0 Å². The molecule has 19 heavy (non-hydrogen) atoms. The number of likely N-dealkylation sites (N-methyl/N-ethyl adjacent to an activating group) is 2. The van der Waals surface area contributed by atoms with E-state index in [1.54, 1.807) is 0 Å². The molecule has 1 aromatic heterocycles. The van der Waals surface area contributed by atoms with Gasteiger partial charge in [0.25, 0.3) is 0 Å². The van der Waals surface area contributed by atoms with Crippen molar-refractivity contribution in [3.63, 3.8) is 0 Å². The van der Waals surface area contributed by atoms with E-state index in [2.05, 4.69) is 48.0 Å². The van der Waals surface area contributed by atoms with Gasteiger partial charge in [0.05, 0.1) is 0 Å². The summed E-state index contributed by atoms with van der Waals surface area (Å²) in [5.74, 6) is 0. The molecule has 2 rings (SSSR count). The first-order chi connectivity index (χ1) is 9.11. The summed E-state index contributed by atoms with van der Waals surface area (Å²) in [6.45, 7) is 7.72. The van der Waals surface area contributed by atoms with Gasteiger partial charge in [-0.2, -0.15) is 0 Å². The molecule has 1 N–H and O–H groups in total. The van der Waals surface area contributed by atoms with Gasteiger partial charge < -0.3 is 15.1 Å². The van der Waals surface area contributed by atoms with Crippen LogP contribution in [0.1, 0.15) is 37.6 Å². The molecule has 0 saturated carbocycles. The van der Waals surface area contributed by atoms with Gasteiger partial charge in [0.15, 0.2) is 5.13 Å². The Bertz CT molecular complexity index is 393. The van der Waals surface area contributed by atoms with Gasteiger partial charge >= 0.3 is 0 Å². The Hall–Kier alpha value is -0.650. The fourth-order valence-electron chi connectivity index (χ4n) is 2.66. The maximum absolute atomic E-state index is 4.61. The summed E-state index contributed by atoms with van der Waals surface area (Å²) in [7, 11) is 4.39. The van der Waals surface area contributed by atoms with Crippen LogP contribution < -0.4 is 10.2 Å². The van der Waals surface area contributed by atoms with Crippen molar-refractivity contribution in [2.24, 2.45) is 0 Å². The minimum Gasteiger partial charge on any atom is -0.347 e. The molecule has 0 bridgehead atoms. The highest BCUT2D eigenvalue weighted by Gasteiger charge is 2.23. The molecule has 1 aliphatic heterocycles. The largest absolute Gasteiger partial charge is 0.347 e. The number of likely N-dealkylation sites (tertiary alicyclic amines) is 1. The van der Waals surface area contributed by atoms with Crippen LogP contribution in [0.5, 0.6) is 0 Å². The van der Waals surface area contributed by atoms with Crippen molar-refractivity contribution in [3.8, 4) is 0 Å². The number of nitrogens with one attached hydrogen (secondary N) is 1. The monoisotopic (exact) mass is 282 g/mol. The highest BCUT2D eigenvalue weighted by Crippen LogP contribution is 2.29. The van der Waals surface area contributed by atoms with Crippen molar-refractivity contribution >= 4 is 16.5 Å². The Morgan fingerprint density at radius 1 is 1.63 bits per heavy atom. The number of hydrogen-bond donors (Lipinski definition) is 1. The number of rotatable bonds is 5. The van der Waals surface area contributed by atoms with E-state index in [0.717, 1.165) is 18.2 Å². The fraction of sp³-hybridized carbons (Fsp3) is 0.786. The zero-order valence-corrected chi connectivity index (χ0v) is 13.3. The van der Waals surface area contributed by atoms with Gasteiger partial charge in [-0.15, -0.1) is 11.3 Å². The molecule has 0 aromatic carbocycles. The normalized spacial score (nSPS) is 22.4. The van der Waals surface area contributed by atoms with E-state index in [-0.39, 0.29) is 0 Å². The van der Waals surface area contributed by atoms with Crippen LogP contribution >= 0.6 is 11.3 Å². The number of aromatic nitrogens is 1. The summed E-state index contributed by atoms with van der Waals surface area (Å²) in [6.07, 6.45) is 4.59. The second kappa shape index (κ2) is 6.68. The third-order valence-corrected chi connectivity index (χ3v) is 5.17. The number of piperidine rings is 1. The van der Waals surface area contributed by atoms with Gasteiger partial charge in [-0.1, -0.05) is 6.92 Å². The summed E-state index contributed by atoms with van der Waals surface area (Å²) >= 11 is 1.82. The Morgan fingerprint density at radius 3 is 3.11 bits per heavy atom. The molecular weight excluding hydrogens is 256 g/mol. The topological polar surface area (TPSA) is 31.4 Å². The number of hydrogen-bond acceptors (Lipinski definition) is 5. The summed E-state index contributed by atoms with van der Waals surface area (Å²) in [4.78, 5) is 10.7. The van der Waals surface area contributed by atoms with E-state index >= 15 is 0 Å². The minimum atomic E-state index is 0.402. The third kappa shape index (κ3) is 3.68. The number of nitrogens with zero attached hydrogens (tertiary/aromatic N) is 3. The maximum Gasteiger partial charge on any atom is 0.185 e. The highest BCUT2D eigenvalue weighted by molar-refractivity contribution is 7.15. The van der Waals surface area contributed by atoms with Crippen molar-refractivity contribution in [2.75, 3.05) is 38.6 Å². The number of anilines is 1. The second-order valence-corrected chi connectivity index (χ2v) is 6.53. The first kappa shape index (κ1) is 14.8. The molecular formula is C14H26N4S. The van der Waals surface area contributed by atoms with Crippen LogP contribution in [-0.2, 0) is 0 Å². The van der Waals surface area contributed by atoms with Gasteiger partial charge in [-0.05, 0) is 39.9 Å². The van der Waals surface area contributed by atoms with Gasteiger partial charge in [-0.25, -0.2) is 4.98 Å². The molecule has 1 fully saturated rings. The zero-order chi connectivity index (χ0) is 13.8. The van der Waals surface area contributed by atoms with E-state index in [9.17, 15) is 0 Å². The first-order valence-corrected chi connectivity index (χ1v) is 8.04. The quantitative estimate of drug-likeness (QED) is 0.898. The highest BCUT2D eigenvalue weighted by atomic mass is 32.1. The molecule has 5 heteroatoms. The molecule has 2 heterocycles. The van der Waals surface area contributed by atoms with E-state index in [1.165, 1.54) is 24.3 Å². The Labute approximate surface area is 120 Å². The van der Waals surface area contributed by atoms with Crippen molar-refractivity contribution in [1.82, 2.24) is 15.2 Å². The van der Waals surface area contributed by atoms with Crippen molar-refractivity contribution in [2.45, 2.75) is 38.8 Å². The molecule has 1 aromatic rings. The Balaban J connectivity index is 2.01. The van der Waals surface area contributed by atoms with Gasteiger partial charge in [0, 0.05) is 36.8 Å². The van der Waals surface area contributed by atoms with Crippen LogP contribution in [0.15, 0.2) is 6.20 Å². The molecule has 0 spiro atoms. The first-order valence-electron chi connectivity index (χ1n) is 7.22. The standard InChI is InChI=1S/C14H26N4S/c1-5-15-11(2)13-9-16-14(19-13)18(4)12-7-6-8-17(3)10-12/h9,11-12,15H,5-8,10H2,1-4H3. The van der Waals surface area contributed by atoms with Crippen LogP contribution in [0.25, 0.3) is 0 Å². The summed E-state index contributed by atoms with van der Waals surface area (Å²) in [5.41, 5.74) is 0. The molecule has 1 saturated heterocycles.